The molecule has 0 spiro atoms. The summed E-state index contributed by atoms with van der Waals surface area (Å²) in [6.07, 6.45) is 1.81. The van der Waals surface area contributed by atoms with Crippen LogP contribution in [0.5, 0.6) is 0 Å². The van der Waals surface area contributed by atoms with Crippen LogP contribution in [0.4, 0.5) is 0 Å². The molecule has 0 aliphatic carbocycles. The van der Waals surface area contributed by atoms with Gasteiger partial charge in [0.2, 0.25) is 0 Å². The van der Waals surface area contributed by atoms with Gasteiger partial charge in [-0.3, -0.25) is 9.59 Å². The Balaban J connectivity index is 1.41. The van der Waals surface area contributed by atoms with Crippen molar-refractivity contribution in [1.82, 2.24) is 24.4 Å². The molecule has 3 aromatic heterocycles. The molecule has 0 radical (unpaired) electrons. The van der Waals surface area contributed by atoms with Crippen molar-refractivity contribution < 1.29 is 14.7 Å². The van der Waals surface area contributed by atoms with E-state index < -0.39 is 5.97 Å². The lowest BCUT2D eigenvalue weighted by atomic mass is 9.97. The summed E-state index contributed by atoms with van der Waals surface area (Å²) in [5.74, 6) is -0.206. The number of carboxylic acid groups (broad SMARTS) is 1. The molecule has 1 fully saturated rings. The Morgan fingerprint density at radius 3 is 2.59 bits per heavy atom. The number of aromatic amines is 1. The average Bonchev–Trinajstić information content (AvgIpc) is 3.40. The number of aryl methyl sites for hydroxylation is 3. The van der Waals surface area contributed by atoms with Crippen LogP contribution in [0.3, 0.4) is 0 Å². The zero-order chi connectivity index (χ0) is 24.0. The fourth-order valence-electron chi connectivity index (χ4n) is 4.96. The summed E-state index contributed by atoms with van der Waals surface area (Å²) < 4.78 is 2.18. The number of aliphatic carboxylic acids is 1. The normalized spacial score (nSPS) is 14.9. The van der Waals surface area contributed by atoms with Gasteiger partial charge in [0.1, 0.15) is 17.0 Å². The van der Waals surface area contributed by atoms with Crippen molar-refractivity contribution in [2.24, 2.45) is 5.92 Å². The highest BCUT2D eigenvalue weighted by atomic mass is 16.4. The van der Waals surface area contributed by atoms with E-state index in [1.807, 2.05) is 19.1 Å². The number of hydrogen-bond acceptors (Lipinski definition) is 4. The Morgan fingerprint density at radius 2 is 1.88 bits per heavy atom. The van der Waals surface area contributed by atoms with Crippen molar-refractivity contribution in [1.29, 1.82) is 0 Å². The molecule has 5 rings (SSSR count). The minimum atomic E-state index is -0.775. The van der Waals surface area contributed by atoms with E-state index in [1.54, 1.807) is 4.90 Å². The zero-order valence-corrected chi connectivity index (χ0v) is 19.8. The van der Waals surface area contributed by atoms with Gasteiger partial charge in [-0.15, -0.1) is 0 Å². The molecular weight excluding hydrogens is 430 g/mol. The van der Waals surface area contributed by atoms with E-state index in [2.05, 4.69) is 41.6 Å². The summed E-state index contributed by atoms with van der Waals surface area (Å²) in [6, 6.07) is 10.1. The smallest absolute Gasteiger partial charge is 0.306 e. The molecule has 34 heavy (non-hydrogen) atoms. The topological polar surface area (TPSA) is 104 Å². The zero-order valence-electron chi connectivity index (χ0n) is 19.8. The Labute approximate surface area is 197 Å². The van der Waals surface area contributed by atoms with Crippen LogP contribution < -0.4 is 0 Å². The standard InChI is InChI=1S/C26H29N5O3/c1-4-22-29-23-15(2)11-16(3)27-24(23)31(22)14-17-5-6-20-19(12-17)13-21(28-20)25(32)30-9-7-18(8-10-30)26(33)34/h5-6,11-13,18,28H,4,7-10,14H2,1-3H3,(H,33,34). The Bertz CT molecular complexity index is 1410. The number of carbonyl (C=O) groups is 2. The number of imidazole rings is 1. The van der Waals surface area contributed by atoms with E-state index in [9.17, 15) is 14.7 Å². The molecule has 0 unspecified atom stereocenters. The summed E-state index contributed by atoms with van der Waals surface area (Å²) in [7, 11) is 0. The third-order valence-corrected chi connectivity index (χ3v) is 6.80. The van der Waals surface area contributed by atoms with E-state index in [-0.39, 0.29) is 11.8 Å². The highest BCUT2D eigenvalue weighted by Crippen LogP contribution is 2.24. The maximum absolute atomic E-state index is 13.0. The molecule has 1 aromatic carbocycles. The number of benzene rings is 1. The molecule has 176 valence electrons. The molecule has 8 heteroatoms. The van der Waals surface area contributed by atoms with Crippen LogP contribution in [0.2, 0.25) is 0 Å². The van der Waals surface area contributed by atoms with Crippen molar-refractivity contribution in [3.63, 3.8) is 0 Å². The number of fused-ring (bicyclic) bond motifs is 2. The van der Waals surface area contributed by atoms with Crippen molar-refractivity contribution in [2.45, 2.75) is 46.6 Å². The van der Waals surface area contributed by atoms with E-state index in [0.29, 0.717) is 38.2 Å². The number of piperidine rings is 1. The highest BCUT2D eigenvalue weighted by Gasteiger charge is 2.28. The molecule has 0 atom stereocenters. The Morgan fingerprint density at radius 1 is 1.12 bits per heavy atom. The predicted octanol–water partition coefficient (Wildman–Crippen LogP) is 4.08. The number of rotatable bonds is 5. The fourth-order valence-corrected chi connectivity index (χ4v) is 4.96. The molecular formula is C26H29N5O3. The monoisotopic (exact) mass is 459 g/mol. The number of hydrogen-bond donors (Lipinski definition) is 2. The lowest BCUT2D eigenvalue weighted by molar-refractivity contribution is -0.143. The van der Waals surface area contributed by atoms with E-state index in [0.717, 1.165) is 51.1 Å². The molecule has 4 aromatic rings. The first kappa shape index (κ1) is 22.1. The van der Waals surface area contributed by atoms with Crippen LogP contribution in [-0.4, -0.2) is 54.5 Å². The number of amides is 1. The average molecular weight is 460 g/mol. The number of pyridine rings is 1. The maximum atomic E-state index is 13.0. The van der Waals surface area contributed by atoms with Crippen LogP contribution in [-0.2, 0) is 17.8 Å². The molecule has 1 amide bonds. The van der Waals surface area contributed by atoms with Crippen LogP contribution in [0.15, 0.2) is 30.3 Å². The second kappa shape index (κ2) is 8.59. The number of aromatic nitrogens is 4. The molecule has 0 saturated carbocycles. The SMILES string of the molecule is CCc1nc2c(C)cc(C)nc2n1Cc1ccc2[nH]c(C(=O)N3CCC(C(=O)O)CC3)cc2c1. The molecule has 1 saturated heterocycles. The molecule has 0 bridgehead atoms. The van der Waals surface area contributed by atoms with Gasteiger partial charge in [0.25, 0.3) is 5.91 Å². The van der Waals surface area contributed by atoms with Gasteiger partial charge < -0.3 is 19.6 Å². The number of H-pyrrole nitrogens is 1. The van der Waals surface area contributed by atoms with Gasteiger partial charge in [-0.25, -0.2) is 9.97 Å². The third-order valence-electron chi connectivity index (χ3n) is 6.80. The maximum Gasteiger partial charge on any atom is 0.306 e. The largest absolute Gasteiger partial charge is 0.481 e. The second-order valence-corrected chi connectivity index (χ2v) is 9.23. The van der Waals surface area contributed by atoms with Gasteiger partial charge in [-0.1, -0.05) is 13.0 Å². The van der Waals surface area contributed by atoms with Gasteiger partial charge in [-0.05, 0) is 62.1 Å². The first-order chi connectivity index (χ1) is 16.3. The summed E-state index contributed by atoms with van der Waals surface area (Å²) in [5.41, 5.74) is 6.52. The number of nitrogens with one attached hydrogen (secondary N) is 1. The molecule has 1 aliphatic heterocycles. The molecule has 1 aliphatic rings. The lowest BCUT2D eigenvalue weighted by Gasteiger charge is -2.29. The Kier molecular flexibility index (Phi) is 5.59. The Hall–Kier alpha value is -3.68. The van der Waals surface area contributed by atoms with Crippen molar-refractivity contribution in [3.05, 3.63) is 58.7 Å². The van der Waals surface area contributed by atoms with Gasteiger partial charge >= 0.3 is 5.97 Å². The van der Waals surface area contributed by atoms with Crippen LogP contribution >= 0.6 is 0 Å². The molecule has 8 nitrogen and oxygen atoms in total. The summed E-state index contributed by atoms with van der Waals surface area (Å²) in [4.78, 5) is 38.8. The molecule has 2 N–H and O–H groups in total. The van der Waals surface area contributed by atoms with Gasteiger partial charge in [0.15, 0.2) is 5.65 Å². The third kappa shape index (κ3) is 3.93. The number of likely N-dealkylation sites (tertiary alicyclic amines) is 1. The second-order valence-electron chi connectivity index (χ2n) is 9.23. The number of carbonyl (C=O) groups excluding carboxylic acids is 1. The summed E-state index contributed by atoms with van der Waals surface area (Å²) >= 11 is 0. The van der Waals surface area contributed by atoms with E-state index in [1.165, 1.54) is 0 Å². The minimum absolute atomic E-state index is 0.0781. The van der Waals surface area contributed by atoms with Gasteiger partial charge in [0.05, 0.1) is 12.5 Å². The van der Waals surface area contributed by atoms with Crippen LogP contribution in [0.25, 0.3) is 22.1 Å². The van der Waals surface area contributed by atoms with Crippen molar-refractivity contribution >= 4 is 33.9 Å². The quantitative estimate of drug-likeness (QED) is 0.468. The van der Waals surface area contributed by atoms with Gasteiger partial charge in [0, 0.05) is 36.1 Å². The number of carboxylic acids is 1. The fraction of sp³-hybridized carbons (Fsp3) is 0.385. The van der Waals surface area contributed by atoms with Crippen LogP contribution in [0, 0.1) is 19.8 Å². The first-order valence-electron chi connectivity index (χ1n) is 11.8. The lowest BCUT2D eigenvalue weighted by Crippen LogP contribution is -2.40. The molecule has 4 heterocycles. The van der Waals surface area contributed by atoms with E-state index in [4.69, 9.17) is 9.97 Å². The summed E-state index contributed by atoms with van der Waals surface area (Å²) in [5, 5.41) is 10.2. The number of nitrogens with zero attached hydrogens (tertiary/aromatic N) is 4. The van der Waals surface area contributed by atoms with Crippen molar-refractivity contribution in [2.75, 3.05) is 13.1 Å². The summed E-state index contributed by atoms with van der Waals surface area (Å²) in [6.45, 7) is 7.77. The predicted molar refractivity (Wildman–Crippen MR) is 130 cm³/mol. The first-order valence-corrected chi connectivity index (χ1v) is 11.8. The highest BCUT2D eigenvalue weighted by molar-refractivity contribution is 5.98. The van der Waals surface area contributed by atoms with Crippen molar-refractivity contribution in [3.8, 4) is 0 Å². The van der Waals surface area contributed by atoms with E-state index >= 15 is 0 Å². The van der Waals surface area contributed by atoms with Gasteiger partial charge in [-0.2, -0.15) is 0 Å². The minimum Gasteiger partial charge on any atom is -0.481 e. The van der Waals surface area contributed by atoms with Crippen LogP contribution in [0.1, 0.15) is 52.9 Å².